The standard InChI is InChI=1S/C28H41N5O4S/c1-21(2)38(36,37)31-23-14-8-9-16-25(23)32-17-19-33(20-18-32)26(34)24(30-27(35)28(3,4)29)15-10-13-22-11-6-5-7-12-22/h5-9,11-12,14,16,21,24,31H,10,13,15,17-20,29H2,1-4H3,(H,30,35)/t24-/m1/s1. The van der Waals surface area contributed by atoms with Gasteiger partial charge >= 0.3 is 0 Å². The molecule has 0 bridgehead atoms. The van der Waals surface area contributed by atoms with Crippen LogP contribution in [-0.2, 0) is 26.0 Å². The van der Waals surface area contributed by atoms with Crippen LogP contribution < -0.4 is 20.7 Å². The Bertz CT molecular complexity index is 1190. The molecule has 10 heteroatoms. The maximum atomic E-state index is 13.5. The number of amides is 2. The summed E-state index contributed by atoms with van der Waals surface area (Å²) in [5.74, 6) is -0.482. The van der Waals surface area contributed by atoms with Crippen LogP contribution in [0.1, 0.15) is 46.1 Å². The van der Waals surface area contributed by atoms with Crippen molar-refractivity contribution < 1.29 is 18.0 Å². The molecule has 0 radical (unpaired) electrons. The summed E-state index contributed by atoms with van der Waals surface area (Å²) in [5.41, 5.74) is 7.39. The van der Waals surface area contributed by atoms with E-state index in [-0.39, 0.29) is 11.8 Å². The second kappa shape index (κ2) is 12.6. The van der Waals surface area contributed by atoms with Gasteiger partial charge in [0.1, 0.15) is 6.04 Å². The summed E-state index contributed by atoms with van der Waals surface area (Å²) >= 11 is 0. The number of rotatable bonds is 11. The van der Waals surface area contributed by atoms with Crippen molar-refractivity contribution >= 4 is 33.2 Å². The van der Waals surface area contributed by atoms with Crippen LogP contribution in [-0.4, -0.2) is 68.1 Å². The predicted molar refractivity (Wildman–Crippen MR) is 152 cm³/mol. The highest BCUT2D eigenvalue weighted by atomic mass is 32.2. The van der Waals surface area contributed by atoms with Crippen LogP contribution in [0, 0.1) is 0 Å². The highest BCUT2D eigenvalue weighted by Gasteiger charge is 2.32. The molecule has 0 saturated carbocycles. The average Bonchev–Trinajstić information content (AvgIpc) is 2.88. The number of nitrogens with zero attached hydrogens (tertiary/aromatic N) is 2. The largest absolute Gasteiger partial charge is 0.366 e. The van der Waals surface area contributed by atoms with E-state index in [1.165, 1.54) is 5.56 Å². The second-order valence-electron chi connectivity index (χ2n) is 10.7. The molecule has 2 aromatic carbocycles. The van der Waals surface area contributed by atoms with E-state index in [0.717, 1.165) is 18.5 Å². The number of para-hydroxylation sites is 2. The minimum Gasteiger partial charge on any atom is -0.366 e. The number of piperazine rings is 1. The fraction of sp³-hybridized carbons (Fsp3) is 0.500. The van der Waals surface area contributed by atoms with Crippen molar-refractivity contribution in [3.63, 3.8) is 0 Å². The Labute approximate surface area is 226 Å². The average molecular weight is 544 g/mol. The number of nitrogens with two attached hydrogens (primary N) is 1. The second-order valence-corrected chi connectivity index (χ2v) is 12.9. The molecule has 4 N–H and O–H groups in total. The van der Waals surface area contributed by atoms with Crippen LogP contribution in [0.15, 0.2) is 54.6 Å². The van der Waals surface area contributed by atoms with Gasteiger partial charge < -0.3 is 20.9 Å². The minimum atomic E-state index is -3.49. The van der Waals surface area contributed by atoms with Crippen molar-refractivity contribution in [3.05, 3.63) is 60.2 Å². The molecular formula is C28H41N5O4S. The van der Waals surface area contributed by atoms with Gasteiger partial charge in [0, 0.05) is 26.2 Å². The highest BCUT2D eigenvalue weighted by Crippen LogP contribution is 2.28. The van der Waals surface area contributed by atoms with Crippen LogP contribution in [0.5, 0.6) is 0 Å². The first-order chi connectivity index (χ1) is 17.9. The van der Waals surface area contributed by atoms with Gasteiger partial charge in [-0.1, -0.05) is 42.5 Å². The van der Waals surface area contributed by atoms with Crippen LogP contribution in [0.2, 0.25) is 0 Å². The Morgan fingerprint density at radius 2 is 1.58 bits per heavy atom. The molecule has 0 spiro atoms. The van der Waals surface area contributed by atoms with Gasteiger partial charge in [0.25, 0.3) is 0 Å². The fourth-order valence-electron chi connectivity index (χ4n) is 4.25. The van der Waals surface area contributed by atoms with E-state index < -0.39 is 26.9 Å². The van der Waals surface area contributed by atoms with E-state index >= 15 is 0 Å². The zero-order valence-corrected chi connectivity index (χ0v) is 23.6. The highest BCUT2D eigenvalue weighted by molar-refractivity contribution is 7.93. The van der Waals surface area contributed by atoms with Gasteiger partial charge in [0.05, 0.1) is 22.2 Å². The quantitative estimate of drug-likeness (QED) is 0.400. The Kier molecular flexibility index (Phi) is 9.78. The molecule has 3 rings (SSSR count). The SMILES string of the molecule is CC(C)S(=O)(=O)Nc1ccccc1N1CCN(C(=O)[C@@H](CCCc2ccccc2)NC(=O)C(C)(C)N)CC1. The molecule has 1 atom stereocenters. The van der Waals surface area contributed by atoms with Gasteiger partial charge in [-0.15, -0.1) is 0 Å². The molecule has 1 saturated heterocycles. The summed E-state index contributed by atoms with van der Waals surface area (Å²) < 4.78 is 27.6. The van der Waals surface area contributed by atoms with Gasteiger partial charge in [-0.25, -0.2) is 8.42 Å². The third-order valence-corrected chi connectivity index (χ3v) is 8.44. The Morgan fingerprint density at radius 3 is 2.18 bits per heavy atom. The smallest absolute Gasteiger partial charge is 0.245 e. The molecule has 1 fully saturated rings. The van der Waals surface area contributed by atoms with Crippen LogP contribution >= 0.6 is 0 Å². The molecule has 1 aliphatic heterocycles. The number of aryl methyl sites for hydroxylation is 1. The van der Waals surface area contributed by atoms with Crippen molar-refractivity contribution in [2.75, 3.05) is 35.8 Å². The molecule has 0 unspecified atom stereocenters. The minimum absolute atomic E-state index is 0.121. The zero-order valence-electron chi connectivity index (χ0n) is 22.8. The topological polar surface area (TPSA) is 125 Å². The zero-order chi connectivity index (χ0) is 27.9. The summed E-state index contributed by atoms with van der Waals surface area (Å²) in [6.45, 7) is 8.52. The number of hydrogen-bond donors (Lipinski definition) is 3. The summed E-state index contributed by atoms with van der Waals surface area (Å²) in [6, 6.07) is 16.7. The third kappa shape index (κ3) is 7.94. The summed E-state index contributed by atoms with van der Waals surface area (Å²) in [6.07, 6.45) is 2.06. The number of sulfonamides is 1. The molecule has 1 heterocycles. The molecule has 0 aromatic heterocycles. The molecule has 1 aliphatic rings. The number of benzene rings is 2. The Hall–Kier alpha value is -3.11. The summed E-state index contributed by atoms with van der Waals surface area (Å²) in [5, 5.41) is 2.33. The first-order valence-electron chi connectivity index (χ1n) is 13.2. The molecule has 2 aromatic rings. The van der Waals surface area contributed by atoms with E-state index in [1.54, 1.807) is 44.7 Å². The number of hydrogen-bond acceptors (Lipinski definition) is 6. The Morgan fingerprint density at radius 1 is 0.974 bits per heavy atom. The molecule has 9 nitrogen and oxygen atoms in total. The maximum absolute atomic E-state index is 13.5. The lowest BCUT2D eigenvalue weighted by Crippen LogP contribution is -2.58. The Balaban J connectivity index is 1.67. The summed E-state index contributed by atoms with van der Waals surface area (Å²) in [4.78, 5) is 30.0. The van der Waals surface area contributed by atoms with Gasteiger partial charge in [-0.3, -0.25) is 14.3 Å². The number of nitrogens with one attached hydrogen (secondary N) is 2. The van der Waals surface area contributed by atoms with E-state index in [9.17, 15) is 18.0 Å². The van der Waals surface area contributed by atoms with Crippen molar-refractivity contribution in [3.8, 4) is 0 Å². The van der Waals surface area contributed by atoms with E-state index in [0.29, 0.717) is 38.3 Å². The maximum Gasteiger partial charge on any atom is 0.245 e. The number of anilines is 2. The number of carbonyl (C=O) groups is 2. The third-order valence-electron chi connectivity index (χ3n) is 6.70. The van der Waals surface area contributed by atoms with Gasteiger partial charge in [-0.05, 0) is 64.7 Å². The van der Waals surface area contributed by atoms with E-state index in [2.05, 4.69) is 27.1 Å². The van der Waals surface area contributed by atoms with Crippen molar-refractivity contribution in [2.45, 2.75) is 63.8 Å². The lowest BCUT2D eigenvalue weighted by molar-refractivity contribution is -0.138. The fourth-order valence-corrected chi connectivity index (χ4v) is 4.97. The van der Waals surface area contributed by atoms with Crippen LogP contribution in [0.4, 0.5) is 11.4 Å². The van der Waals surface area contributed by atoms with Crippen molar-refractivity contribution in [1.82, 2.24) is 10.2 Å². The van der Waals surface area contributed by atoms with Gasteiger partial charge in [0.2, 0.25) is 21.8 Å². The summed E-state index contributed by atoms with van der Waals surface area (Å²) in [7, 11) is -3.49. The molecule has 0 aliphatic carbocycles. The molecular weight excluding hydrogens is 502 g/mol. The lowest BCUT2D eigenvalue weighted by Gasteiger charge is -2.38. The van der Waals surface area contributed by atoms with Gasteiger partial charge in [0.15, 0.2) is 0 Å². The van der Waals surface area contributed by atoms with Crippen LogP contribution in [0.3, 0.4) is 0 Å². The first kappa shape index (κ1) is 29.4. The van der Waals surface area contributed by atoms with Crippen LogP contribution in [0.25, 0.3) is 0 Å². The normalized spacial score (nSPS) is 15.3. The molecule has 38 heavy (non-hydrogen) atoms. The first-order valence-corrected chi connectivity index (χ1v) is 14.7. The van der Waals surface area contributed by atoms with E-state index in [1.807, 2.05) is 30.3 Å². The predicted octanol–water partition coefficient (Wildman–Crippen LogP) is 2.73. The van der Waals surface area contributed by atoms with Crippen molar-refractivity contribution in [1.29, 1.82) is 0 Å². The van der Waals surface area contributed by atoms with Gasteiger partial charge in [-0.2, -0.15) is 0 Å². The molecule has 2 amide bonds. The monoisotopic (exact) mass is 543 g/mol. The number of carbonyl (C=O) groups excluding carboxylic acids is 2. The van der Waals surface area contributed by atoms with Crippen molar-refractivity contribution in [2.24, 2.45) is 5.73 Å². The molecule has 208 valence electrons. The lowest BCUT2D eigenvalue weighted by atomic mass is 10.0. The van der Waals surface area contributed by atoms with E-state index in [4.69, 9.17) is 5.73 Å².